The maximum atomic E-state index is 12.2. The van der Waals surface area contributed by atoms with Crippen molar-refractivity contribution in [3.63, 3.8) is 0 Å². The zero-order chi connectivity index (χ0) is 11.8. The molecule has 2 fully saturated rings. The van der Waals surface area contributed by atoms with Crippen molar-refractivity contribution >= 4 is 5.91 Å². The Bertz CT molecular complexity index is 267. The van der Waals surface area contributed by atoms with Crippen LogP contribution in [-0.2, 0) is 4.79 Å². The molecule has 0 atom stereocenters. The first-order valence-electron chi connectivity index (χ1n) is 6.58. The molecule has 0 aromatic rings. The van der Waals surface area contributed by atoms with E-state index >= 15 is 0 Å². The second kappa shape index (κ2) is 4.36. The van der Waals surface area contributed by atoms with E-state index in [9.17, 15) is 4.79 Å². The fourth-order valence-electron chi connectivity index (χ4n) is 2.44. The van der Waals surface area contributed by atoms with Crippen molar-refractivity contribution in [1.29, 1.82) is 0 Å². The summed E-state index contributed by atoms with van der Waals surface area (Å²) in [5.74, 6) is 0.845. The van der Waals surface area contributed by atoms with Crippen molar-refractivity contribution in [1.82, 2.24) is 4.90 Å². The SMILES string of the molecule is CC(C)CN(C(=O)CC1(N)CCC1)C1CC1. The highest BCUT2D eigenvalue weighted by Crippen LogP contribution is 2.35. The third kappa shape index (κ3) is 2.76. The molecule has 92 valence electrons. The van der Waals surface area contributed by atoms with E-state index in [-0.39, 0.29) is 5.54 Å². The van der Waals surface area contributed by atoms with E-state index in [0.717, 1.165) is 19.4 Å². The van der Waals surface area contributed by atoms with Gasteiger partial charge < -0.3 is 10.6 Å². The quantitative estimate of drug-likeness (QED) is 0.775. The Labute approximate surface area is 98.4 Å². The normalized spacial score (nSPS) is 23.0. The molecule has 0 aromatic heterocycles. The van der Waals surface area contributed by atoms with Crippen molar-refractivity contribution in [3.8, 4) is 0 Å². The van der Waals surface area contributed by atoms with Gasteiger partial charge in [0.25, 0.3) is 0 Å². The first-order chi connectivity index (χ1) is 7.50. The minimum absolute atomic E-state index is 0.165. The van der Waals surface area contributed by atoms with Crippen molar-refractivity contribution in [2.45, 2.75) is 64.0 Å². The molecular formula is C13H24N2O. The van der Waals surface area contributed by atoms with Gasteiger partial charge in [0.05, 0.1) is 0 Å². The van der Waals surface area contributed by atoms with Gasteiger partial charge in [0, 0.05) is 24.5 Å². The fourth-order valence-corrected chi connectivity index (χ4v) is 2.44. The molecular weight excluding hydrogens is 200 g/mol. The number of carbonyl (C=O) groups excluding carboxylic acids is 1. The van der Waals surface area contributed by atoms with Crippen molar-refractivity contribution < 1.29 is 4.79 Å². The molecule has 2 aliphatic carbocycles. The Hall–Kier alpha value is -0.570. The molecule has 2 aliphatic rings. The van der Waals surface area contributed by atoms with Crippen LogP contribution < -0.4 is 5.73 Å². The maximum Gasteiger partial charge on any atom is 0.224 e. The Morgan fingerprint density at radius 2 is 2.06 bits per heavy atom. The Morgan fingerprint density at radius 1 is 1.44 bits per heavy atom. The third-order valence-electron chi connectivity index (χ3n) is 3.72. The summed E-state index contributed by atoms with van der Waals surface area (Å²) >= 11 is 0. The van der Waals surface area contributed by atoms with Gasteiger partial charge in [0.2, 0.25) is 5.91 Å². The van der Waals surface area contributed by atoms with Crippen LogP contribution in [0.15, 0.2) is 0 Å². The molecule has 1 amide bonds. The van der Waals surface area contributed by atoms with Crippen molar-refractivity contribution in [2.24, 2.45) is 11.7 Å². The van der Waals surface area contributed by atoms with Crippen molar-refractivity contribution in [2.75, 3.05) is 6.54 Å². The van der Waals surface area contributed by atoms with Crippen LogP contribution in [0.3, 0.4) is 0 Å². The molecule has 2 saturated carbocycles. The molecule has 2 rings (SSSR count). The Kier molecular flexibility index (Phi) is 3.24. The molecule has 3 nitrogen and oxygen atoms in total. The molecule has 0 aromatic carbocycles. The largest absolute Gasteiger partial charge is 0.339 e. The summed E-state index contributed by atoms with van der Waals surface area (Å²) in [4.78, 5) is 14.3. The summed E-state index contributed by atoms with van der Waals surface area (Å²) in [6.45, 7) is 5.24. The first kappa shape index (κ1) is 11.9. The van der Waals surface area contributed by atoms with Gasteiger partial charge in [-0.2, -0.15) is 0 Å². The van der Waals surface area contributed by atoms with Crippen LogP contribution in [-0.4, -0.2) is 28.9 Å². The number of rotatable bonds is 5. The number of hydrogen-bond acceptors (Lipinski definition) is 2. The minimum Gasteiger partial charge on any atom is -0.339 e. The Balaban J connectivity index is 1.89. The van der Waals surface area contributed by atoms with E-state index in [1.807, 2.05) is 0 Å². The van der Waals surface area contributed by atoms with Gasteiger partial charge in [-0.15, -0.1) is 0 Å². The molecule has 0 heterocycles. The predicted molar refractivity (Wildman–Crippen MR) is 65.0 cm³/mol. The highest BCUT2D eigenvalue weighted by atomic mass is 16.2. The molecule has 16 heavy (non-hydrogen) atoms. The van der Waals surface area contributed by atoms with E-state index in [1.54, 1.807) is 0 Å². The average Bonchev–Trinajstić information content (AvgIpc) is 2.94. The Morgan fingerprint density at radius 3 is 2.44 bits per heavy atom. The number of nitrogens with two attached hydrogens (primary N) is 1. The predicted octanol–water partition coefficient (Wildman–Crippen LogP) is 1.90. The number of nitrogens with zero attached hydrogens (tertiary/aromatic N) is 1. The second-order valence-corrected chi connectivity index (χ2v) is 6.06. The standard InChI is InChI=1S/C13H24N2O/c1-10(2)9-15(11-4-5-11)12(16)8-13(14)6-3-7-13/h10-11H,3-9,14H2,1-2H3. The van der Waals surface area contributed by atoms with Crippen LogP contribution in [0.5, 0.6) is 0 Å². The van der Waals surface area contributed by atoms with Gasteiger partial charge in [-0.05, 0) is 38.0 Å². The summed E-state index contributed by atoms with van der Waals surface area (Å²) in [5.41, 5.74) is 5.98. The monoisotopic (exact) mass is 224 g/mol. The van der Waals surface area contributed by atoms with Gasteiger partial charge >= 0.3 is 0 Å². The molecule has 0 bridgehead atoms. The minimum atomic E-state index is -0.165. The number of hydrogen-bond donors (Lipinski definition) is 1. The lowest BCUT2D eigenvalue weighted by Gasteiger charge is -2.39. The van der Waals surface area contributed by atoms with E-state index in [2.05, 4.69) is 18.7 Å². The van der Waals surface area contributed by atoms with Gasteiger partial charge in [-0.1, -0.05) is 13.8 Å². The van der Waals surface area contributed by atoms with Gasteiger partial charge in [0.15, 0.2) is 0 Å². The lowest BCUT2D eigenvalue weighted by molar-refractivity contribution is -0.134. The fraction of sp³-hybridized carbons (Fsp3) is 0.923. The molecule has 0 radical (unpaired) electrons. The summed E-state index contributed by atoms with van der Waals surface area (Å²) in [6.07, 6.45) is 6.19. The third-order valence-corrected chi connectivity index (χ3v) is 3.72. The van der Waals surface area contributed by atoms with E-state index in [0.29, 0.717) is 24.3 Å². The molecule has 3 heteroatoms. The van der Waals surface area contributed by atoms with E-state index < -0.39 is 0 Å². The summed E-state index contributed by atoms with van der Waals surface area (Å²) < 4.78 is 0. The van der Waals surface area contributed by atoms with Gasteiger partial charge in [-0.3, -0.25) is 4.79 Å². The summed E-state index contributed by atoms with van der Waals surface area (Å²) in [5, 5.41) is 0. The average molecular weight is 224 g/mol. The smallest absolute Gasteiger partial charge is 0.224 e. The first-order valence-corrected chi connectivity index (χ1v) is 6.58. The van der Waals surface area contributed by atoms with Crippen LogP contribution in [0.2, 0.25) is 0 Å². The van der Waals surface area contributed by atoms with Crippen LogP contribution in [0.4, 0.5) is 0 Å². The molecule has 0 saturated heterocycles. The topological polar surface area (TPSA) is 46.3 Å². The highest BCUT2D eigenvalue weighted by Gasteiger charge is 2.39. The van der Waals surface area contributed by atoms with Crippen LogP contribution in [0, 0.1) is 5.92 Å². The lowest BCUT2D eigenvalue weighted by atomic mass is 9.75. The number of amides is 1. The van der Waals surface area contributed by atoms with Crippen LogP contribution in [0.1, 0.15) is 52.4 Å². The molecule has 0 aliphatic heterocycles. The molecule has 0 spiro atoms. The zero-order valence-corrected chi connectivity index (χ0v) is 10.5. The second-order valence-electron chi connectivity index (χ2n) is 6.06. The highest BCUT2D eigenvalue weighted by molar-refractivity contribution is 5.78. The zero-order valence-electron chi connectivity index (χ0n) is 10.5. The molecule has 0 unspecified atom stereocenters. The van der Waals surface area contributed by atoms with E-state index in [4.69, 9.17) is 5.73 Å². The van der Waals surface area contributed by atoms with Gasteiger partial charge in [-0.25, -0.2) is 0 Å². The van der Waals surface area contributed by atoms with E-state index in [1.165, 1.54) is 19.3 Å². The summed E-state index contributed by atoms with van der Waals surface area (Å²) in [7, 11) is 0. The van der Waals surface area contributed by atoms with Crippen LogP contribution >= 0.6 is 0 Å². The summed E-state index contributed by atoms with van der Waals surface area (Å²) in [6, 6.07) is 0.526. The lowest BCUT2D eigenvalue weighted by Crippen LogP contribution is -2.51. The number of carbonyl (C=O) groups is 1. The van der Waals surface area contributed by atoms with Crippen molar-refractivity contribution in [3.05, 3.63) is 0 Å². The van der Waals surface area contributed by atoms with Crippen LogP contribution in [0.25, 0.3) is 0 Å². The maximum absolute atomic E-state index is 12.2. The molecule has 2 N–H and O–H groups in total. The van der Waals surface area contributed by atoms with Gasteiger partial charge in [0.1, 0.15) is 0 Å².